The Bertz CT molecular complexity index is 1220. The number of nitrogens with zero attached hydrogens (tertiary/aromatic N) is 2. The van der Waals surface area contributed by atoms with Crippen molar-refractivity contribution in [1.82, 2.24) is 4.90 Å². The largest absolute Gasteiger partial charge is 0.495 e. The minimum atomic E-state index is -0.487. The van der Waals surface area contributed by atoms with Gasteiger partial charge < -0.3 is 10.1 Å². The van der Waals surface area contributed by atoms with E-state index >= 15 is 0 Å². The molecule has 0 aromatic heterocycles. The molecule has 2 fully saturated rings. The molecule has 3 aromatic rings. The summed E-state index contributed by atoms with van der Waals surface area (Å²) in [5.74, 6) is 0.332. The number of methoxy groups -OCH3 is 1. The maximum Gasteiger partial charge on any atom is 0.242 e. The highest BCUT2D eigenvalue weighted by Gasteiger charge is 2.46. The summed E-state index contributed by atoms with van der Waals surface area (Å²) < 4.78 is 5.30. The van der Waals surface area contributed by atoms with Crippen molar-refractivity contribution in [2.24, 2.45) is 4.99 Å². The third kappa shape index (κ3) is 4.08. The molecule has 1 heterocycles. The first-order chi connectivity index (χ1) is 15.6. The zero-order valence-electron chi connectivity index (χ0n) is 17.7. The van der Waals surface area contributed by atoms with Crippen molar-refractivity contribution >= 4 is 50.9 Å². The molecule has 1 N–H and O–H groups in total. The van der Waals surface area contributed by atoms with Crippen LogP contribution in [0, 0.1) is 0 Å². The molecular weight excluding hydrogens is 422 g/mol. The van der Waals surface area contributed by atoms with Crippen molar-refractivity contribution in [2.75, 3.05) is 12.4 Å². The fourth-order valence-electron chi connectivity index (χ4n) is 3.89. The van der Waals surface area contributed by atoms with Crippen LogP contribution in [0.3, 0.4) is 0 Å². The molecular formula is C25H23N3O3S. The molecule has 7 heteroatoms. The molecule has 2 aliphatic rings. The van der Waals surface area contributed by atoms with Gasteiger partial charge in [0.25, 0.3) is 0 Å². The van der Waals surface area contributed by atoms with Crippen LogP contribution < -0.4 is 10.1 Å². The number of hydrogen-bond donors (Lipinski definition) is 1. The van der Waals surface area contributed by atoms with Crippen LogP contribution in [0.4, 0.5) is 11.4 Å². The molecule has 0 spiro atoms. The lowest BCUT2D eigenvalue weighted by atomic mass is 10.1. The Labute approximate surface area is 190 Å². The summed E-state index contributed by atoms with van der Waals surface area (Å²) in [5, 5.41) is 5.22. The van der Waals surface area contributed by atoms with Gasteiger partial charge in [0.2, 0.25) is 11.8 Å². The van der Waals surface area contributed by atoms with E-state index in [0.717, 1.165) is 29.3 Å². The summed E-state index contributed by atoms with van der Waals surface area (Å²) in [6.45, 7) is 0. The second kappa shape index (κ2) is 8.67. The molecule has 0 radical (unpaired) electrons. The number of amidine groups is 1. The fourth-order valence-corrected chi connectivity index (χ4v) is 5.10. The van der Waals surface area contributed by atoms with E-state index in [1.807, 2.05) is 42.5 Å². The molecule has 2 amide bonds. The van der Waals surface area contributed by atoms with E-state index in [9.17, 15) is 9.59 Å². The van der Waals surface area contributed by atoms with Gasteiger partial charge in [0.05, 0.1) is 18.5 Å². The SMILES string of the molecule is COc1ccccc1NC(=O)CC1SC(=Nc2cccc3ccccc23)N(C2CC2)C1=O. The van der Waals surface area contributed by atoms with Crippen LogP contribution >= 0.6 is 11.8 Å². The van der Waals surface area contributed by atoms with Crippen LogP contribution in [0.2, 0.25) is 0 Å². The highest BCUT2D eigenvalue weighted by atomic mass is 32.2. The average molecular weight is 446 g/mol. The van der Waals surface area contributed by atoms with E-state index in [1.165, 1.54) is 11.8 Å². The third-order valence-corrected chi connectivity index (χ3v) is 6.76. The Hall–Kier alpha value is -3.32. The van der Waals surface area contributed by atoms with Crippen LogP contribution in [-0.2, 0) is 9.59 Å². The predicted octanol–water partition coefficient (Wildman–Crippen LogP) is 4.97. The lowest BCUT2D eigenvalue weighted by Crippen LogP contribution is -2.35. The number of ether oxygens (including phenoxy) is 1. The number of thioether (sulfide) groups is 1. The van der Waals surface area contributed by atoms with Gasteiger partial charge in [-0.3, -0.25) is 14.5 Å². The number of anilines is 1. The Kier molecular flexibility index (Phi) is 5.57. The van der Waals surface area contributed by atoms with Crippen molar-refractivity contribution in [3.8, 4) is 5.75 Å². The standard InChI is InChI=1S/C25H23N3O3S/c1-31-21-12-5-4-10-20(21)26-23(29)15-22-24(30)28(17-13-14-17)25(32-22)27-19-11-6-8-16-7-2-3-9-18(16)19/h2-12,17,22H,13-15H2,1H3,(H,26,29). The first-order valence-electron chi connectivity index (χ1n) is 10.6. The summed E-state index contributed by atoms with van der Waals surface area (Å²) in [6, 6.07) is 21.5. The molecule has 6 nitrogen and oxygen atoms in total. The predicted molar refractivity (Wildman–Crippen MR) is 129 cm³/mol. The molecule has 162 valence electrons. The van der Waals surface area contributed by atoms with Gasteiger partial charge in [0.15, 0.2) is 5.17 Å². The van der Waals surface area contributed by atoms with Gasteiger partial charge in [-0.15, -0.1) is 0 Å². The number of nitrogens with one attached hydrogen (secondary N) is 1. The van der Waals surface area contributed by atoms with Gasteiger partial charge in [-0.1, -0.05) is 60.3 Å². The molecule has 0 bridgehead atoms. The smallest absolute Gasteiger partial charge is 0.242 e. The fraction of sp³-hybridized carbons (Fsp3) is 0.240. The van der Waals surface area contributed by atoms with Gasteiger partial charge in [-0.05, 0) is 36.4 Å². The van der Waals surface area contributed by atoms with E-state index in [1.54, 1.807) is 24.1 Å². The number of fused-ring (bicyclic) bond motifs is 1. The molecule has 1 unspecified atom stereocenters. The van der Waals surface area contributed by atoms with Crippen LogP contribution in [-0.4, -0.2) is 40.3 Å². The number of para-hydroxylation sites is 2. The van der Waals surface area contributed by atoms with Gasteiger partial charge in [-0.25, -0.2) is 4.99 Å². The number of amides is 2. The van der Waals surface area contributed by atoms with Gasteiger partial charge in [0, 0.05) is 17.8 Å². The molecule has 1 atom stereocenters. The molecule has 32 heavy (non-hydrogen) atoms. The number of benzene rings is 3. The molecule has 1 aliphatic heterocycles. The minimum absolute atomic E-state index is 0.0355. The summed E-state index contributed by atoms with van der Waals surface area (Å²) in [4.78, 5) is 32.6. The Morgan fingerprint density at radius 1 is 1.09 bits per heavy atom. The average Bonchev–Trinajstić information content (AvgIpc) is 3.59. The maximum atomic E-state index is 13.2. The lowest BCUT2D eigenvalue weighted by molar-refractivity contribution is -0.128. The molecule has 1 aliphatic carbocycles. The van der Waals surface area contributed by atoms with E-state index < -0.39 is 5.25 Å². The van der Waals surface area contributed by atoms with Gasteiger partial charge in [0.1, 0.15) is 11.0 Å². The van der Waals surface area contributed by atoms with Crippen molar-refractivity contribution in [3.05, 3.63) is 66.7 Å². The maximum absolute atomic E-state index is 13.2. The molecule has 1 saturated carbocycles. The lowest BCUT2D eigenvalue weighted by Gasteiger charge is -2.15. The Balaban J connectivity index is 1.38. The monoisotopic (exact) mass is 445 g/mol. The molecule has 1 saturated heterocycles. The second-order valence-electron chi connectivity index (χ2n) is 7.89. The van der Waals surface area contributed by atoms with Crippen LogP contribution in [0.15, 0.2) is 71.7 Å². The zero-order chi connectivity index (χ0) is 22.1. The van der Waals surface area contributed by atoms with E-state index in [4.69, 9.17) is 9.73 Å². The summed E-state index contributed by atoms with van der Waals surface area (Å²) in [5.41, 5.74) is 1.43. The quantitative estimate of drug-likeness (QED) is 0.581. The second-order valence-corrected chi connectivity index (χ2v) is 9.06. The highest BCUT2D eigenvalue weighted by molar-refractivity contribution is 8.15. The van der Waals surface area contributed by atoms with Crippen molar-refractivity contribution in [3.63, 3.8) is 0 Å². The number of rotatable bonds is 6. The van der Waals surface area contributed by atoms with E-state index in [-0.39, 0.29) is 24.3 Å². The van der Waals surface area contributed by atoms with Crippen LogP contribution in [0.25, 0.3) is 10.8 Å². The normalized spacial score (nSPS) is 19.5. The van der Waals surface area contributed by atoms with Crippen molar-refractivity contribution in [1.29, 1.82) is 0 Å². The summed E-state index contributed by atoms with van der Waals surface area (Å²) >= 11 is 1.38. The molecule has 5 rings (SSSR count). The van der Waals surface area contributed by atoms with Gasteiger partial charge >= 0.3 is 0 Å². The third-order valence-electron chi connectivity index (χ3n) is 5.61. The van der Waals surface area contributed by atoms with Crippen molar-refractivity contribution < 1.29 is 14.3 Å². The first kappa shape index (κ1) is 20.6. The summed E-state index contributed by atoms with van der Waals surface area (Å²) in [6.07, 6.45) is 2.03. The minimum Gasteiger partial charge on any atom is -0.495 e. The number of aliphatic imine (C=N–C) groups is 1. The Morgan fingerprint density at radius 3 is 2.66 bits per heavy atom. The zero-order valence-corrected chi connectivity index (χ0v) is 18.5. The Morgan fingerprint density at radius 2 is 1.84 bits per heavy atom. The number of carbonyl (C=O) groups is 2. The topological polar surface area (TPSA) is 71.0 Å². The van der Waals surface area contributed by atoms with E-state index in [2.05, 4.69) is 17.4 Å². The highest BCUT2D eigenvalue weighted by Crippen LogP contribution is 2.40. The van der Waals surface area contributed by atoms with Gasteiger partial charge in [-0.2, -0.15) is 0 Å². The molecule has 3 aromatic carbocycles. The first-order valence-corrected chi connectivity index (χ1v) is 11.5. The van der Waals surface area contributed by atoms with Crippen LogP contribution in [0.1, 0.15) is 19.3 Å². The number of carbonyl (C=O) groups excluding carboxylic acids is 2. The summed E-state index contributed by atoms with van der Waals surface area (Å²) in [7, 11) is 1.56. The number of hydrogen-bond acceptors (Lipinski definition) is 5. The van der Waals surface area contributed by atoms with E-state index in [0.29, 0.717) is 16.6 Å². The van der Waals surface area contributed by atoms with Crippen LogP contribution in [0.5, 0.6) is 5.75 Å². The van der Waals surface area contributed by atoms with Crippen molar-refractivity contribution in [2.45, 2.75) is 30.6 Å².